The van der Waals surface area contributed by atoms with Gasteiger partial charge in [-0.2, -0.15) is 0 Å². The minimum atomic E-state index is -0.125. The van der Waals surface area contributed by atoms with Crippen molar-refractivity contribution < 1.29 is 4.74 Å². The molecule has 1 N–H and O–H groups in total. The third-order valence-electron chi connectivity index (χ3n) is 3.65. The molecule has 2 aliphatic rings. The summed E-state index contributed by atoms with van der Waals surface area (Å²) in [6.45, 7) is 11.4. The molecule has 0 unspecified atom stereocenters. The van der Waals surface area contributed by atoms with Gasteiger partial charge < -0.3 is 15.0 Å². The Morgan fingerprint density at radius 3 is 2.55 bits per heavy atom. The number of ether oxygens (including phenoxy) is 1. The molecule has 4 nitrogen and oxygen atoms in total. The van der Waals surface area contributed by atoms with E-state index in [-0.39, 0.29) is 11.2 Å². The molecule has 0 atom stereocenters. The van der Waals surface area contributed by atoms with Gasteiger partial charge in [0.25, 0.3) is 0 Å². The second-order valence-corrected chi connectivity index (χ2v) is 8.34. The fraction of sp³-hybridized carbons (Fsp3) is 0.800. The van der Waals surface area contributed by atoms with Crippen LogP contribution in [0.3, 0.4) is 0 Å². The molecule has 0 amide bonds. The molecule has 0 aromatic carbocycles. The first-order valence-electron chi connectivity index (χ1n) is 7.46. The van der Waals surface area contributed by atoms with Gasteiger partial charge in [0.05, 0.1) is 11.2 Å². The van der Waals surface area contributed by atoms with Crippen molar-refractivity contribution in [2.75, 3.05) is 18.0 Å². The van der Waals surface area contributed by atoms with Gasteiger partial charge in [-0.05, 0) is 40.5 Å². The van der Waals surface area contributed by atoms with Gasteiger partial charge in [-0.25, -0.2) is 4.98 Å². The summed E-state index contributed by atoms with van der Waals surface area (Å²) in [6.07, 6.45) is 4.68. The summed E-state index contributed by atoms with van der Waals surface area (Å²) in [7, 11) is 0. The normalized spacial score (nSPS) is 24.9. The monoisotopic (exact) mass is 295 g/mol. The highest BCUT2D eigenvalue weighted by Gasteiger charge is 2.39. The maximum absolute atomic E-state index is 6.13. The fourth-order valence-corrected chi connectivity index (χ4v) is 3.84. The highest BCUT2D eigenvalue weighted by molar-refractivity contribution is 7.15. The van der Waals surface area contributed by atoms with Gasteiger partial charge in [0.15, 0.2) is 5.13 Å². The number of nitrogens with zero attached hydrogens (tertiary/aromatic N) is 2. The van der Waals surface area contributed by atoms with Gasteiger partial charge in [-0.1, -0.05) is 0 Å². The SMILES string of the molecule is CC1(C)CN(c2ncc(CNC3CC3)s2)CC(C)(C)O1. The molecule has 1 aliphatic carbocycles. The van der Waals surface area contributed by atoms with E-state index in [1.165, 1.54) is 17.7 Å². The molecule has 0 spiro atoms. The molecular weight excluding hydrogens is 270 g/mol. The molecule has 1 aromatic heterocycles. The lowest BCUT2D eigenvalue weighted by Crippen LogP contribution is -2.57. The predicted octanol–water partition coefficient (Wildman–Crippen LogP) is 2.79. The summed E-state index contributed by atoms with van der Waals surface area (Å²) in [5, 5.41) is 4.68. The molecule has 0 bridgehead atoms. The quantitative estimate of drug-likeness (QED) is 0.927. The lowest BCUT2D eigenvalue weighted by Gasteiger charge is -2.47. The van der Waals surface area contributed by atoms with Crippen LogP contribution in [0, 0.1) is 0 Å². The van der Waals surface area contributed by atoms with Gasteiger partial charge in [0.1, 0.15) is 0 Å². The Bertz CT molecular complexity index is 463. The second kappa shape index (κ2) is 4.97. The molecule has 1 aromatic rings. The number of hydrogen-bond donors (Lipinski definition) is 1. The first-order chi connectivity index (χ1) is 9.33. The van der Waals surface area contributed by atoms with Crippen LogP contribution < -0.4 is 10.2 Å². The lowest BCUT2D eigenvalue weighted by molar-refractivity contribution is -0.133. The minimum Gasteiger partial charge on any atom is -0.366 e. The van der Waals surface area contributed by atoms with Gasteiger partial charge in [-0.15, -0.1) is 11.3 Å². The van der Waals surface area contributed by atoms with Crippen molar-refractivity contribution in [3.05, 3.63) is 11.1 Å². The number of anilines is 1. The Morgan fingerprint density at radius 2 is 1.95 bits per heavy atom. The number of rotatable bonds is 4. The minimum absolute atomic E-state index is 0.125. The number of aromatic nitrogens is 1. The Morgan fingerprint density at radius 1 is 1.30 bits per heavy atom. The van der Waals surface area contributed by atoms with Crippen molar-refractivity contribution in [1.29, 1.82) is 0 Å². The maximum atomic E-state index is 6.13. The van der Waals surface area contributed by atoms with Gasteiger partial charge >= 0.3 is 0 Å². The maximum Gasteiger partial charge on any atom is 0.185 e. The average Bonchev–Trinajstić information content (AvgIpc) is 2.99. The van der Waals surface area contributed by atoms with E-state index in [9.17, 15) is 0 Å². The smallest absolute Gasteiger partial charge is 0.185 e. The van der Waals surface area contributed by atoms with Crippen LogP contribution in [0.4, 0.5) is 5.13 Å². The van der Waals surface area contributed by atoms with Crippen LogP contribution in [-0.4, -0.2) is 35.3 Å². The molecule has 1 saturated carbocycles. The number of morpholine rings is 1. The molecule has 0 radical (unpaired) electrons. The van der Waals surface area contributed by atoms with Crippen LogP contribution in [0.5, 0.6) is 0 Å². The van der Waals surface area contributed by atoms with E-state index in [2.05, 4.69) is 42.9 Å². The van der Waals surface area contributed by atoms with E-state index in [0.717, 1.165) is 30.8 Å². The van der Waals surface area contributed by atoms with E-state index in [4.69, 9.17) is 4.74 Å². The van der Waals surface area contributed by atoms with Crippen LogP contribution in [0.25, 0.3) is 0 Å². The topological polar surface area (TPSA) is 37.4 Å². The zero-order valence-electron chi connectivity index (χ0n) is 12.9. The zero-order chi connectivity index (χ0) is 14.4. The molecule has 2 fully saturated rings. The van der Waals surface area contributed by atoms with Crippen molar-refractivity contribution in [2.24, 2.45) is 0 Å². The van der Waals surface area contributed by atoms with E-state index >= 15 is 0 Å². The molecule has 112 valence electrons. The molecule has 5 heteroatoms. The van der Waals surface area contributed by atoms with E-state index in [0.29, 0.717) is 0 Å². The van der Waals surface area contributed by atoms with Crippen LogP contribution in [0.1, 0.15) is 45.4 Å². The zero-order valence-corrected chi connectivity index (χ0v) is 13.7. The summed E-state index contributed by atoms with van der Waals surface area (Å²) in [4.78, 5) is 8.32. The fourth-order valence-electron chi connectivity index (χ4n) is 2.98. The third kappa shape index (κ3) is 3.51. The highest BCUT2D eigenvalue weighted by atomic mass is 32.1. The van der Waals surface area contributed by atoms with Crippen LogP contribution in [0.15, 0.2) is 6.20 Å². The molecular formula is C15H25N3OS. The summed E-state index contributed by atoms with van der Waals surface area (Å²) < 4.78 is 6.13. The highest BCUT2D eigenvalue weighted by Crippen LogP contribution is 2.33. The van der Waals surface area contributed by atoms with Crippen molar-refractivity contribution >= 4 is 16.5 Å². The van der Waals surface area contributed by atoms with E-state index in [1.807, 2.05) is 17.5 Å². The van der Waals surface area contributed by atoms with Crippen LogP contribution in [-0.2, 0) is 11.3 Å². The van der Waals surface area contributed by atoms with Crippen LogP contribution >= 0.6 is 11.3 Å². The van der Waals surface area contributed by atoms with E-state index in [1.54, 1.807) is 0 Å². The number of nitrogens with one attached hydrogen (secondary N) is 1. The van der Waals surface area contributed by atoms with Crippen LogP contribution in [0.2, 0.25) is 0 Å². The molecule has 3 rings (SSSR count). The standard InChI is InChI=1S/C15H25N3OS/c1-14(2)9-18(10-15(3,4)19-14)13-17-8-12(20-13)7-16-11-5-6-11/h8,11,16H,5-7,9-10H2,1-4H3. The Labute approximate surface area is 125 Å². The Kier molecular flexibility index (Phi) is 3.55. The van der Waals surface area contributed by atoms with Crippen molar-refractivity contribution in [3.8, 4) is 0 Å². The van der Waals surface area contributed by atoms with Gasteiger partial charge in [0, 0.05) is 36.8 Å². The third-order valence-corrected chi connectivity index (χ3v) is 4.71. The molecule has 1 saturated heterocycles. The number of hydrogen-bond acceptors (Lipinski definition) is 5. The van der Waals surface area contributed by atoms with E-state index < -0.39 is 0 Å². The largest absolute Gasteiger partial charge is 0.366 e. The Hall–Kier alpha value is -0.650. The first-order valence-corrected chi connectivity index (χ1v) is 8.28. The molecule has 1 aliphatic heterocycles. The average molecular weight is 295 g/mol. The Balaban J connectivity index is 1.67. The first kappa shape index (κ1) is 14.3. The van der Waals surface area contributed by atoms with Crippen molar-refractivity contribution in [3.63, 3.8) is 0 Å². The summed E-state index contributed by atoms with van der Waals surface area (Å²) >= 11 is 1.81. The summed E-state index contributed by atoms with van der Waals surface area (Å²) in [5.41, 5.74) is -0.250. The van der Waals surface area contributed by atoms with Crippen molar-refractivity contribution in [1.82, 2.24) is 10.3 Å². The van der Waals surface area contributed by atoms with Crippen molar-refractivity contribution in [2.45, 2.75) is 64.3 Å². The molecule has 2 heterocycles. The second-order valence-electron chi connectivity index (χ2n) is 7.24. The van der Waals surface area contributed by atoms with Gasteiger partial charge in [-0.3, -0.25) is 0 Å². The lowest BCUT2D eigenvalue weighted by atomic mass is 9.99. The predicted molar refractivity (Wildman–Crippen MR) is 83.4 cm³/mol. The van der Waals surface area contributed by atoms with Gasteiger partial charge in [0.2, 0.25) is 0 Å². The molecule has 20 heavy (non-hydrogen) atoms. The summed E-state index contributed by atoms with van der Waals surface area (Å²) in [5.74, 6) is 0. The number of thiazole rings is 1. The summed E-state index contributed by atoms with van der Waals surface area (Å²) in [6, 6.07) is 0.752.